The maximum atomic E-state index is 9.10. The van der Waals surface area contributed by atoms with Crippen LogP contribution in [0.1, 0.15) is 45.4 Å². The molecule has 0 amide bonds. The van der Waals surface area contributed by atoms with Crippen molar-refractivity contribution in [2.24, 2.45) is 5.92 Å². The average Bonchev–Trinajstić information content (AvgIpc) is 2.78. The predicted molar refractivity (Wildman–Crippen MR) is 68.1 cm³/mol. The van der Waals surface area contributed by atoms with Crippen LogP contribution in [-0.2, 0) is 12.0 Å². The Morgan fingerprint density at radius 3 is 2.44 bits per heavy atom. The minimum absolute atomic E-state index is 0.0882. The fourth-order valence-electron chi connectivity index (χ4n) is 2.14. The minimum Gasteiger partial charge on any atom is -0.423 e. The van der Waals surface area contributed by atoms with Crippen molar-refractivity contribution >= 4 is 0 Å². The van der Waals surface area contributed by atoms with Crippen molar-refractivity contribution in [2.45, 2.75) is 45.6 Å². The molecule has 2 heterocycles. The molecule has 1 N–H and O–H groups in total. The molecule has 1 fully saturated rings. The van der Waals surface area contributed by atoms with Crippen molar-refractivity contribution < 1.29 is 9.52 Å². The van der Waals surface area contributed by atoms with Gasteiger partial charge < -0.3 is 9.52 Å². The highest BCUT2D eigenvalue weighted by atomic mass is 16.4. The molecule has 0 bridgehead atoms. The number of aliphatic hydroxyl groups excluding tert-OH is 1. The molecule has 1 saturated heterocycles. The van der Waals surface area contributed by atoms with E-state index >= 15 is 0 Å². The van der Waals surface area contributed by atoms with Gasteiger partial charge >= 0.3 is 0 Å². The van der Waals surface area contributed by atoms with Crippen LogP contribution in [0, 0.1) is 5.92 Å². The van der Waals surface area contributed by atoms with Crippen LogP contribution in [0.15, 0.2) is 4.42 Å². The normalized spacial score (nSPS) is 19.3. The zero-order chi connectivity index (χ0) is 13.2. The number of likely N-dealkylation sites (tertiary alicyclic amines) is 1. The highest BCUT2D eigenvalue weighted by molar-refractivity contribution is 4.96. The van der Waals surface area contributed by atoms with Crippen molar-refractivity contribution in [1.29, 1.82) is 0 Å². The van der Waals surface area contributed by atoms with Crippen LogP contribution in [0.3, 0.4) is 0 Å². The summed E-state index contributed by atoms with van der Waals surface area (Å²) in [7, 11) is 0. The fourth-order valence-corrected chi connectivity index (χ4v) is 2.14. The molecular formula is C13H23N3O2. The third-order valence-corrected chi connectivity index (χ3v) is 3.43. The number of piperidine rings is 1. The Kier molecular flexibility index (Phi) is 4.02. The molecule has 5 heteroatoms. The monoisotopic (exact) mass is 253 g/mol. The van der Waals surface area contributed by atoms with Crippen LogP contribution in [0.4, 0.5) is 0 Å². The molecule has 18 heavy (non-hydrogen) atoms. The van der Waals surface area contributed by atoms with E-state index in [4.69, 9.17) is 9.52 Å². The van der Waals surface area contributed by atoms with Gasteiger partial charge in [0.1, 0.15) is 0 Å². The van der Waals surface area contributed by atoms with E-state index in [1.807, 2.05) is 0 Å². The molecule has 0 saturated carbocycles. The van der Waals surface area contributed by atoms with Crippen LogP contribution in [0.2, 0.25) is 0 Å². The highest BCUT2D eigenvalue weighted by Crippen LogP contribution is 2.22. The first kappa shape index (κ1) is 13.5. The largest absolute Gasteiger partial charge is 0.423 e. The molecule has 0 atom stereocenters. The number of aliphatic hydroxyl groups is 1. The minimum atomic E-state index is -0.0882. The molecule has 2 rings (SSSR count). The second-order valence-electron chi connectivity index (χ2n) is 6.15. The van der Waals surface area contributed by atoms with Gasteiger partial charge in [-0.25, -0.2) is 0 Å². The zero-order valence-electron chi connectivity index (χ0n) is 11.5. The Bertz CT molecular complexity index is 376. The number of rotatable bonds is 3. The molecule has 1 aliphatic heterocycles. The second-order valence-corrected chi connectivity index (χ2v) is 6.15. The second kappa shape index (κ2) is 5.36. The first-order valence-electron chi connectivity index (χ1n) is 6.65. The summed E-state index contributed by atoms with van der Waals surface area (Å²) in [5.41, 5.74) is -0.0882. The first-order valence-corrected chi connectivity index (χ1v) is 6.65. The lowest BCUT2D eigenvalue weighted by Gasteiger charge is -2.29. The summed E-state index contributed by atoms with van der Waals surface area (Å²) in [5, 5.41) is 17.3. The van der Waals surface area contributed by atoms with Crippen LogP contribution in [0.25, 0.3) is 0 Å². The Balaban J connectivity index is 1.89. The average molecular weight is 253 g/mol. The predicted octanol–water partition coefficient (Wildman–Crippen LogP) is 1.57. The van der Waals surface area contributed by atoms with Crippen LogP contribution in [-0.4, -0.2) is 39.9 Å². The molecule has 1 aromatic rings. The van der Waals surface area contributed by atoms with Gasteiger partial charge in [0.15, 0.2) is 0 Å². The highest BCUT2D eigenvalue weighted by Gasteiger charge is 2.23. The molecule has 0 aliphatic carbocycles. The lowest BCUT2D eigenvalue weighted by Crippen LogP contribution is -2.34. The molecule has 1 aliphatic rings. The van der Waals surface area contributed by atoms with Gasteiger partial charge in [0.25, 0.3) is 0 Å². The standard InChI is InChI=1S/C13H23N3O2/c1-13(2,3)12-15-14-11(18-12)8-16-6-4-10(9-17)5-7-16/h10,17H,4-9H2,1-3H3. The lowest BCUT2D eigenvalue weighted by molar-refractivity contribution is 0.120. The van der Waals surface area contributed by atoms with Gasteiger partial charge in [-0.3, -0.25) is 4.90 Å². The molecule has 0 aromatic carbocycles. The molecule has 5 nitrogen and oxygen atoms in total. The maximum absolute atomic E-state index is 9.10. The Morgan fingerprint density at radius 1 is 1.28 bits per heavy atom. The first-order chi connectivity index (χ1) is 8.49. The number of hydrogen-bond acceptors (Lipinski definition) is 5. The fraction of sp³-hybridized carbons (Fsp3) is 0.846. The Morgan fingerprint density at radius 2 is 1.94 bits per heavy atom. The maximum Gasteiger partial charge on any atom is 0.230 e. The number of hydrogen-bond donors (Lipinski definition) is 1. The van der Waals surface area contributed by atoms with E-state index in [9.17, 15) is 0 Å². The van der Waals surface area contributed by atoms with Crippen LogP contribution < -0.4 is 0 Å². The lowest BCUT2D eigenvalue weighted by atomic mass is 9.97. The van der Waals surface area contributed by atoms with Gasteiger partial charge in [-0.05, 0) is 31.8 Å². The molecule has 0 unspecified atom stereocenters. The molecule has 0 radical (unpaired) electrons. The molecule has 1 aromatic heterocycles. The van der Waals surface area contributed by atoms with E-state index in [1.54, 1.807) is 0 Å². The summed E-state index contributed by atoms with van der Waals surface area (Å²) in [6.07, 6.45) is 2.10. The number of aromatic nitrogens is 2. The van der Waals surface area contributed by atoms with Gasteiger partial charge in [0.05, 0.1) is 6.54 Å². The third kappa shape index (κ3) is 3.29. The molecular weight excluding hydrogens is 230 g/mol. The Labute approximate surface area is 108 Å². The van der Waals surface area contributed by atoms with E-state index in [2.05, 4.69) is 35.9 Å². The van der Waals surface area contributed by atoms with Crippen LogP contribution in [0.5, 0.6) is 0 Å². The summed E-state index contributed by atoms with van der Waals surface area (Å²) in [4.78, 5) is 2.31. The summed E-state index contributed by atoms with van der Waals surface area (Å²) < 4.78 is 5.69. The third-order valence-electron chi connectivity index (χ3n) is 3.43. The van der Waals surface area contributed by atoms with Gasteiger partial charge in [0, 0.05) is 12.0 Å². The summed E-state index contributed by atoms with van der Waals surface area (Å²) >= 11 is 0. The van der Waals surface area contributed by atoms with Gasteiger partial charge in [-0.15, -0.1) is 10.2 Å². The van der Waals surface area contributed by atoms with Gasteiger partial charge in [-0.2, -0.15) is 0 Å². The molecule has 0 spiro atoms. The Hall–Kier alpha value is -0.940. The van der Waals surface area contributed by atoms with Crippen molar-refractivity contribution in [3.63, 3.8) is 0 Å². The van der Waals surface area contributed by atoms with Gasteiger partial charge in [-0.1, -0.05) is 20.8 Å². The van der Waals surface area contributed by atoms with E-state index in [-0.39, 0.29) is 5.41 Å². The summed E-state index contributed by atoms with van der Waals surface area (Å²) in [6.45, 7) is 9.23. The smallest absolute Gasteiger partial charge is 0.230 e. The quantitative estimate of drug-likeness (QED) is 0.886. The molecule has 102 valence electrons. The van der Waals surface area contributed by atoms with Crippen LogP contribution >= 0.6 is 0 Å². The van der Waals surface area contributed by atoms with E-state index in [1.165, 1.54) is 0 Å². The summed E-state index contributed by atoms with van der Waals surface area (Å²) in [6, 6.07) is 0. The van der Waals surface area contributed by atoms with Gasteiger partial charge in [0.2, 0.25) is 11.8 Å². The van der Waals surface area contributed by atoms with Crippen molar-refractivity contribution in [2.75, 3.05) is 19.7 Å². The zero-order valence-corrected chi connectivity index (χ0v) is 11.5. The topological polar surface area (TPSA) is 62.4 Å². The van der Waals surface area contributed by atoms with E-state index in [0.717, 1.165) is 32.5 Å². The van der Waals surface area contributed by atoms with E-state index in [0.29, 0.717) is 24.3 Å². The van der Waals surface area contributed by atoms with Crippen molar-refractivity contribution in [3.05, 3.63) is 11.8 Å². The SMILES string of the molecule is CC(C)(C)c1nnc(CN2CCC(CO)CC2)o1. The van der Waals surface area contributed by atoms with Crippen molar-refractivity contribution in [1.82, 2.24) is 15.1 Å². The van der Waals surface area contributed by atoms with Crippen molar-refractivity contribution in [3.8, 4) is 0 Å². The van der Waals surface area contributed by atoms with E-state index < -0.39 is 0 Å². The number of nitrogens with zero attached hydrogens (tertiary/aromatic N) is 3. The summed E-state index contributed by atoms with van der Waals surface area (Å²) in [5.74, 6) is 1.86.